The highest BCUT2D eigenvalue weighted by molar-refractivity contribution is 7.98. The molecular formula is C20H23FN2O2S. The van der Waals surface area contributed by atoms with Crippen LogP contribution in [0.25, 0.3) is 11.1 Å². The Bertz CT molecular complexity index is 749. The number of halogens is 1. The van der Waals surface area contributed by atoms with E-state index in [9.17, 15) is 9.18 Å². The number of nitrogens with one attached hydrogen (secondary N) is 2. The molecule has 2 aromatic carbocycles. The molecule has 1 amide bonds. The molecule has 26 heavy (non-hydrogen) atoms. The molecule has 3 rings (SSSR count). The zero-order valence-corrected chi connectivity index (χ0v) is 15.6. The van der Waals surface area contributed by atoms with Crippen molar-refractivity contribution in [2.75, 3.05) is 7.11 Å². The second kappa shape index (κ2) is 9.05. The van der Waals surface area contributed by atoms with Gasteiger partial charge in [-0.2, -0.15) is 4.83 Å². The zero-order valence-electron chi connectivity index (χ0n) is 14.8. The van der Waals surface area contributed by atoms with E-state index in [1.165, 1.54) is 38.3 Å². The lowest BCUT2D eigenvalue weighted by Gasteiger charge is -2.21. The number of methoxy groups -OCH3 is 1. The molecular weight excluding hydrogens is 351 g/mol. The molecule has 0 bridgehead atoms. The minimum atomic E-state index is -0.658. The van der Waals surface area contributed by atoms with Crippen LogP contribution in [-0.4, -0.2) is 18.3 Å². The first kappa shape index (κ1) is 18.7. The molecule has 4 nitrogen and oxygen atoms in total. The van der Waals surface area contributed by atoms with Crippen LogP contribution in [0.3, 0.4) is 0 Å². The Hall–Kier alpha value is -2.05. The van der Waals surface area contributed by atoms with E-state index in [4.69, 9.17) is 4.74 Å². The molecule has 0 saturated heterocycles. The number of hydrogen-bond donors (Lipinski definition) is 2. The molecule has 2 aromatic rings. The highest BCUT2D eigenvalue weighted by Crippen LogP contribution is 2.30. The van der Waals surface area contributed by atoms with Gasteiger partial charge in [0.15, 0.2) is 11.6 Å². The summed E-state index contributed by atoms with van der Waals surface area (Å²) in [5.41, 5.74) is 4.18. The summed E-state index contributed by atoms with van der Waals surface area (Å²) >= 11 is 1.50. The highest BCUT2D eigenvalue weighted by atomic mass is 32.2. The predicted molar refractivity (Wildman–Crippen MR) is 103 cm³/mol. The molecule has 0 spiro atoms. The Labute approximate surface area is 157 Å². The predicted octanol–water partition coefficient (Wildman–Crippen LogP) is 4.72. The van der Waals surface area contributed by atoms with Crippen LogP contribution in [0, 0.1) is 5.82 Å². The number of benzene rings is 2. The van der Waals surface area contributed by atoms with Crippen molar-refractivity contribution in [3.63, 3.8) is 0 Å². The summed E-state index contributed by atoms with van der Waals surface area (Å²) in [5.74, 6) is -1.12. The number of amides is 1. The van der Waals surface area contributed by atoms with E-state index >= 15 is 0 Å². The van der Waals surface area contributed by atoms with Crippen LogP contribution in [0.5, 0.6) is 5.75 Å². The van der Waals surface area contributed by atoms with E-state index in [-0.39, 0.29) is 11.3 Å². The van der Waals surface area contributed by atoms with Gasteiger partial charge in [0.2, 0.25) is 0 Å². The fourth-order valence-corrected chi connectivity index (χ4v) is 4.01. The molecule has 1 aliphatic rings. The first-order chi connectivity index (χ1) is 12.7. The summed E-state index contributed by atoms with van der Waals surface area (Å²) < 4.78 is 19.7. The largest absolute Gasteiger partial charge is 0.494 e. The SMILES string of the molecule is COc1cc(-c2ccccc2)cc(C(=O)NNSC2CCCCC2)c1F. The van der Waals surface area contributed by atoms with Gasteiger partial charge in [0, 0.05) is 5.25 Å². The van der Waals surface area contributed by atoms with Crippen LogP contribution in [0.15, 0.2) is 42.5 Å². The van der Waals surface area contributed by atoms with Gasteiger partial charge in [-0.1, -0.05) is 61.5 Å². The van der Waals surface area contributed by atoms with Gasteiger partial charge in [-0.25, -0.2) is 4.39 Å². The van der Waals surface area contributed by atoms with Crippen molar-refractivity contribution in [1.29, 1.82) is 0 Å². The molecule has 6 heteroatoms. The average Bonchev–Trinajstić information content (AvgIpc) is 2.69. The lowest BCUT2D eigenvalue weighted by atomic mass is 10.0. The van der Waals surface area contributed by atoms with Crippen LogP contribution in [0.4, 0.5) is 4.39 Å². The van der Waals surface area contributed by atoms with Crippen molar-refractivity contribution in [3.8, 4) is 16.9 Å². The van der Waals surface area contributed by atoms with E-state index in [2.05, 4.69) is 10.3 Å². The number of carbonyl (C=O) groups is 1. The molecule has 0 radical (unpaired) electrons. The van der Waals surface area contributed by atoms with Gasteiger partial charge >= 0.3 is 0 Å². The molecule has 138 valence electrons. The van der Waals surface area contributed by atoms with Gasteiger partial charge in [0.05, 0.1) is 12.7 Å². The average molecular weight is 374 g/mol. The maximum Gasteiger partial charge on any atom is 0.269 e. The monoisotopic (exact) mass is 374 g/mol. The van der Waals surface area contributed by atoms with Crippen molar-refractivity contribution < 1.29 is 13.9 Å². The van der Waals surface area contributed by atoms with Crippen LogP contribution >= 0.6 is 11.9 Å². The van der Waals surface area contributed by atoms with Gasteiger partial charge in [-0.15, -0.1) is 0 Å². The molecule has 1 fully saturated rings. The quantitative estimate of drug-likeness (QED) is 0.568. The van der Waals surface area contributed by atoms with E-state index in [0.717, 1.165) is 24.0 Å². The second-order valence-corrected chi connectivity index (χ2v) is 7.45. The molecule has 0 aromatic heterocycles. The fourth-order valence-electron chi connectivity index (χ4n) is 3.12. The Morgan fingerprint density at radius 1 is 1.12 bits per heavy atom. The van der Waals surface area contributed by atoms with Crippen LogP contribution in [0.1, 0.15) is 42.5 Å². The van der Waals surface area contributed by atoms with E-state index in [1.807, 2.05) is 30.3 Å². The minimum Gasteiger partial charge on any atom is -0.494 e. The summed E-state index contributed by atoms with van der Waals surface area (Å²) in [7, 11) is 1.39. The van der Waals surface area contributed by atoms with Gasteiger partial charge < -0.3 is 4.74 Å². The number of ether oxygens (including phenoxy) is 1. The van der Waals surface area contributed by atoms with E-state index in [1.54, 1.807) is 12.1 Å². The summed E-state index contributed by atoms with van der Waals surface area (Å²) in [4.78, 5) is 15.4. The Morgan fingerprint density at radius 2 is 1.85 bits per heavy atom. The molecule has 1 saturated carbocycles. The summed E-state index contributed by atoms with van der Waals surface area (Å²) in [6, 6.07) is 12.7. The van der Waals surface area contributed by atoms with Gasteiger partial charge in [0.1, 0.15) is 0 Å². The molecule has 1 aliphatic carbocycles. The number of hydrogen-bond acceptors (Lipinski definition) is 4. The maximum absolute atomic E-state index is 14.6. The zero-order chi connectivity index (χ0) is 18.4. The van der Waals surface area contributed by atoms with Crippen molar-refractivity contribution >= 4 is 17.9 Å². The Morgan fingerprint density at radius 3 is 2.54 bits per heavy atom. The lowest BCUT2D eigenvalue weighted by Crippen LogP contribution is -2.35. The fraction of sp³-hybridized carbons (Fsp3) is 0.350. The number of hydrazine groups is 1. The van der Waals surface area contributed by atoms with Crippen molar-refractivity contribution in [3.05, 3.63) is 53.8 Å². The Kier molecular flexibility index (Phi) is 6.52. The molecule has 0 atom stereocenters. The second-order valence-electron chi connectivity index (χ2n) is 6.34. The summed E-state index contributed by atoms with van der Waals surface area (Å²) in [6.45, 7) is 0. The first-order valence-corrected chi connectivity index (χ1v) is 9.71. The number of carbonyl (C=O) groups excluding carboxylic acids is 1. The normalized spacial score (nSPS) is 14.8. The third-order valence-electron chi connectivity index (χ3n) is 4.55. The maximum atomic E-state index is 14.6. The van der Waals surface area contributed by atoms with Gasteiger partial charge in [0.25, 0.3) is 5.91 Å². The van der Waals surface area contributed by atoms with E-state index < -0.39 is 11.7 Å². The van der Waals surface area contributed by atoms with E-state index in [0.29, 0.717) is 5.25 Å². The van der Waals surface area contributed by atoms with Gasteiger partial charge in [-0.05, 0) is 36.1 Å². The lowest BCUT2D eigenvalue weighted by molar-refractivity contribution is 0.0942. The topological polar surface area (TPSA) is 50.4 Å². The minimum absolute atomic E-state index is 0.0417. The standard InChI is InChI=1S/C20H23FN2O2S/c1-25-18-13-15(14-8-4-2-5-9-14)12-17(19(18)21)20(24)22-23-26-16-10-6-3-7-11-16/h2,4-5,8-9,12-13,16,23H,3,6-7,10-11H2,1H3,(H,22,24). The Balaban J connectivity index is 1.73. The third kappa shape index (κ3) is 4.56. The summed E-state index contributed by atoms with van der Waals surface area (Å²) in [5, 5.41) is 0.485. The van der Waals surface area contributed by atoms with Gasteiger partial charge in [-0.3, -0.25) is 10.2 Å². The van der Waals surface area contributed by atoms with Crippen LogP contribution in [-0.2, 0) is 0 Å². The third-order valence-corrected chi connectivity index (χ3v) is 5.58. The van der Waals surface area contributed by atoms with Crippen LogP contribution in [0.2, 0.25) is 0 Å². The highest BCUT2D eigenvalue weighted by Gasteiger charge is 2.19. The van der Waals surface area contributed by atoms with Crippen molar-refractivity contribution in [2.24, 2.45) is 0 Å². The molecule has 0 heterocycles. The first-order valence-electron chi connectivity index (χ1n) is 8.83. The summed E-state index contributed by atoms with van der Waals surface area (Å²) in [6.07, 6.45) is 6.00. The van der Waals surface area contributed by atoms with Crippen LogP contribution < -0.4 is 15.0 Å². The molecule has 2 N–H and O–H groups in total. The van der Waals surface area contributed by atoms with Crippen molar-refractivity contribution in [2.45, 2.75) is 37.4 Å². The van der Waals surface area contributed by atoms with Crippen molar-refractivity contribution in [1.82, 2.24) is 10.3 Å². The molecule has 0 unspecified atom stereocenters. The number of rotatable bonds is 6. The molecule has 0 aliphatic heterocycles. The smallest absolute Gasteiger partial charge is 0.269 e.